The van der Waals surface area contributed by atoms with Crippen molar-refractivity contribution in [2.75, 3.05) is 0 Å². The van der Waals surface area contributed by atoms with Gasteiger partial charge in [-0.05, 0) is 59.7 Å². The number of carbonyl (C=O) groups is 2. The Morgan fingerprint density at radius 3 is 2.45 bits per heavy atom. The predicted molar refractivity (Wildman–Crippen MR) is 125 cm³/mol. The van der Waals surface area contributed by atoms with E-state index >= 15 is 0 Å². The Bertz CT molecular complexity index is 1160. The summed E-state index contributed by atoms with van der Waals surface area (Å²) in [5, 5.41) is 0.407. The van der Waals surface area contributed by atoms with Crippen LogP contribution in [0.3, 0.4) is 0 Å². The average molecular weight is 450 g/mol. The molecule has 31 heavy (non-hydrogen) atoms. The molecule has 1 aliphatic heterocycles. The van der Waals surface area contributed by atoms with Crippen molar-refractivity contribution in [3.05, 3.63) is 105 Å². The second kappa shape index (κ2) is 9.41. The number of carbonyl (C=O) groups excluding carboxylic acids is 2. The topological polar surface area (TPSA) is 46.6 Å². The number of para-hydroxylation sites is 1. The minimum atomic E-state index is -0.286. The summed E-state index contributed by atoms with van der Waals surface area (Å²) in [5.41, 5.74) is 3.74. The van der Waals surface area contributed by atoms with Crippen LogP contribution in [0.15, 0.2) is 77.7 Å². The number of hydrogen-bond donors (Lipinski definition) is 0. The molecule has 1 saturated heterocycles. The molecule has 3 aromatic rings. The van der Waals surface area contributed by atoms with Gasteiger partial charge in [0, 0.05) is 10.6 Å². The molecule has 4 nitrogen and oxygen atoms in total. The molecular formula is C25H20ClNO3S. The van der Waals surface area contributed by atoms with Gasteiger partial charge in [0.05, 0.1) is 11.4 Å². The lowest BCUT2D eigenvalue weighted by Crippen LogP contribution is -2.27. The highest BCUT2D eigenvalue weighted by atomic mass is 35.5. The summed E-state index contributed by atoms with van der Waals surface area (Å²) in [6.45, 7) is 2.61. The molecule has 0 spiro atoms. The summed E-state index contributed by atoms with van der Waals surface area (Å²) in [7, 11) is 0. The van der Waals surface area contributed by atoms with Crippen LogP contribution in [0.5, 0.6) is 5.75 Å². The summed E-state index contributed by atoms with van der Waals surface area (Å²) in [5.74, 6) is 0.355. The van der Waals surface area contributed by atoms with E-state index in [1.54, 1.807) is 6.08 Å². The number of thioether (sulfide) groups is 1. The van der Waals surface area contributed by atoms with Crippen molar-refractivity contribution in [2.45, 2.75) is 20.1 Å². The number of halogens is 1. The highest BCUT2D eigenvalue weighted by molar-refractivity contribution is 8.18. The zero-order valence-corrected chi connectivity index (χ0v) is 18.5. The van der Waals surface area contributed by atoms with E-state index in [1.165, 1.54) is 4.90 Å². The summed E-state index contributed by atoms with van der Waals surface area (Å²) in [6, 6.07) is 22.7. The van der Waals surface area contributed by atoms with Crippen LogP contribution in [0.2, 0.25) is 5.02 Å². The molecule has 1 heterocycles. The number of rotatable bonds is 6. The number of ether oxygens (including phenoxy) is 1. The molecule has 156 valence electrons. The molecule has 0 N–H and O–H groups in total. The first-order chi connectivity index (χ1) is 15.0. The van der Waals surface area contributed by atoms with Gasteiger partial charge in [0.25, 0.3) is 11.1 Å². The summed E-state index contributed by atoms with van der Waals surface area (Å²) in [4.78, 5) is 27.1. The number of nitrogens with zero attached hydrogens (tertiary/aromatic N) is 1. The van der Waals surface area contributed by atoms with Gasteiger partial charge >= 0.3 is 0 Å². The van der Waals surface area contributed by atoms with Crippen LogP contribution in [-0.2, 0) is 17.9 Å². The average Bonchev–Trinajstić information content (AvgIpc) is 3.03. The molecule has 2 amide bonds. The van der Waals surface area contributed by atoms with Crippen LogP contribution < -0.4 is 4.74 Å². The van der Waals surface area contributed by atoms with Gasteiger partial charge in [-0.1, -0.05) is 66.2 Å². The number of hydrogen-bond acceptors (Lipinski definition) is 4. The van der Waals surface area contributed by atoms with Gasteiger partial charge in [-0.15, -0.1) is 0 Å². The molecule has 0 aromatic heterocycles. The first kappa shape index (κ1) is 21.2. The smallest absolute Gasteiger partial charge is 0.293 e. The lowest BCUT2D eigenvalue weighted by Gasteiger charge is -2.14. The Morgan fingerprint density at radius 2 is 1.68 bits per heavy atom. The Morgan fingerprint density at radius 1 is 0.968 bits per heavy atom. The fraction of sp³-hybridized carbons (Fsp3) is 0.120. The molecule has 0 unspecified atom stereocenters. The zero-order chi connectivity index (χ0) is 21.8. The van der Waals surface area contributed by atoms with E-state index in [2.05, 4.69) is 0 Å². The van der Waals surface area contributed by atoms with Gasteiger partial charge in [0.2, 0.25) is 0 Å². The van der Waals surface area contributed by atoms with Gasteiger partial charge in [-0.25, -0.2) is 0 Å². The van der Waals surface area contributed by atoms with Crippen molar-refractivity contribution in [1.29, 1.82) is 0 Å². The maximum Gasteiger partial charge on any atom is 0.293 e. The number of benzene rings is 3. The molecule has 6 heteroatoms. The van der Waals surface area contributed by atoms with E-state index in [1.807, 2.05) is 79.7 Å². The minimum absolute atomic E-state index is 0.265. The lowest BCUT2D eigenvalue weighted by atomic mass is 10.1. The molecule has 3 aromatic carbocycles. The van der Waals surface area contributed by atoms with Crippen molar-refractivity contribution in [3.8, 4) is 5.75 Å². The predicted octanol–water partition coefficient (Wildman–Crippen LogP) is 6.46. The molecular weight excluding hydrogens is 430 g/mol. The minimum Gasteiger partial charge on any atom is -0.488 e. The molecule has 4 rings (SSSR count). The number of aryl methyl sites for hydroxylation is 1. The van der Waals surface area contributed by atoms with Gasteiger partial charge in [0.15, 0.2) is 0 Å². The number of imide groups is 1. The van der Waals surface area contributed by atoms with Crippen LogP contribution in [0.25, 0.3) is 6.08 Å². The normalized spacial score (nSPS) is 15.0. The van der Waals surface area contributed by atoms with E-state index < -0.39 is 0 Å². The fourth-order valence-electron chi connectivity index (χ4n) is 3.21. The third-order valence-corrected chi connectivity index (χ3v) is 6.14. The van der Waals surface area contributed by atoms with Crippen LogP contribution >= 0.6 is 23.4 Å². The van der Waals surface area contributed by atoms with Crippen LogP contribution in [0.4, 0.5) is 4.79 Å². The van der Waals surface area contributed by atoms with Gasteiger partial charge in [0.1, 0.15) is 12.4 Å². The Hall–Kier alpha value is -3.02. The fourth-order valence-corrected chi connectivity index (χ4v) is 4.16. The summed E-state index contributed by atoms with van der Waals surface area (Å²) in [6.07, 6.45) is 1.72. The molecule has 0 bridgehead atoms. The second-order valence-electron chi connectivity index (χ2n) is 7.15. The molecule has 0 radical (unpaired) electrons. The Kier molecular flexibility index (Phi) is 6.44. The number of amides is 2. The third kappa shape index (κ3) is 5.01. The Labute approximate surface area is 190 Å². The summed E-state index contributed by atoms with van der Waals surface area (Å²) >= 11 is 6.89. The highest BCUT2D eigenvalue weighted by Gasteiger charge is 2.35. The largest absolute Gasteiger partial charge is 0.488 e. The summed E-state index contributed by atoms with van der Waals surface area (Å²) < 4.78 is 5.97. The monoisotopic (exact) mass is 449 g/mol. The van der Waals surface area contributed by atoms with Gasteiger partial charge in [-0.2, -0.15) is 0 Å². The van der Waals surface area contributed by atoms with Gasteiger partial charge in [-0.3, -0.25) is 14.5 Å². The SMILES string of the molecule is Cc1ccccc1CN1C(=O)S/C(=C\c2ccccc2OCc2ccc(Cl)cc2)C1=O. The van der Waals surface area contributed by atoms with E-state index in [9.17, 15) is 9.59 Å². The van der Waals surface area contributed by atoms with Crippen LogP contribution in [0, 0.1) is 6.92 Å². The van der Waals surface area contributed by atoms with Crippen LogP contribution in [-0.4, -0.2) is 16.0 Å². The zero-order valence-electron chi connectivity index (χ0n) is 16.9. The van der Waals surface area contributed by atoms with E-state index in [-0.39, 0.29) is 17.7 Å². The van der Waals surface area contributed by atoms with Crippen molar-refractivity contribution in [3.63, 3.8) is 0 Å². The van der Waals surface area contributed by atoms with Crippen LogP contribution in [0.1, 0.15) is 22.3 Å². The molecule has 1 aliphatic rings. The van der Waals surface area contributed by atoms with E-state index in [4.69, 9.17) is 16.3 Å². The molecule has 0 saturated carbocycles. The van der Waals surface area contributed by atoms with Crippen molar-refractivity contribution < 1.29 is 14.3 Å². The quantitative estimate of drug-likeness (QED) is 0.405. The highest BCUT2D eigenvalue weighted by Crippen LogP contribution is 2.35. The molecule has 0 aliphatic carbocycles. The van der Waals surface area contributed by atoms with E-state index in [0.29, 0.717) is 22.3 Å². The first-order valence-corrected chi connectivity index (χ1v) is 11.0. The maximum atomic E-state index is 12.9. The second-order valence-corrected chi connectivity index (χ2v) is 8.58. The van der Waals surface area contributed by atoms with Crippen molar-refractivity contribution in [2.24, 2.45) is 0 Å². The maximum absolute atomic E-state index is 12.9. The standard InChI is InChI=1S/C25H20ClNO3S/c1-17-6-2-3-8-20(17)15-27-24(28)23(31-25(27)29)14-19-7-4-5-9-22(19)30-16-18-10-12-21(26)13-11-18/h2-14H,15-16H2,1H3/b23-14-. The van der Waals surface area contributed by atoms with Crippen molar-refractivity contribution >= 4 is 40.6 Å². The third-order valence-electron chi connectivity index (χ3n) is 4.98. The molecule has 0 atom stereocenters. The van der Waals surface area contributed by atoms with E-state index in [0.717, 1.165) is 34.0 Å². The van der Waals surface area contributed by atoms with Gasteiger partial charge < -0.3 is 4.74 Å². The lowest BCUT2D eigenvalue weighted by molar-refractivity contribution is -0.123. The molecule has 1 fully saturated rings. The first-order valence-electron chi connectivity index (χ1n) is 9.77. The van der Waals surface area contributed by atoms with Crippen molar-refractivity contribution in [1.82, 2.24) is 4.90 Å². The Balaban J connectivity index is 1.52.